The Morgan fingerprint density at radius 1 is 1.07 bits per heavy atom. The lowest BCUT2D eigenvalue weighted by Gasteiger charge is -2.15. The number of methoxy groups -OCH3 is 3. The molecule has 7 nitrogen and oxygen atoms in total. The van der Waals surface area contributed by atoms with Crippen LogP contribution in [0.1, 0.15) is 36.9 Å². The van der Waals surface area contributed by atoms with Gasteiger partial charge in [-0.15, -0.1) is 11.3 Å². The van der Waals surface area contributed by atoms with Gasteiger partial charge < -0.3 is 19.5 Å². The smallest absolute Gasteiger partial charge is 0.227 e. The highest BCUT2D eigenvalue weighted by Crippen LogP contribution is 2.40. The summed E-state index contributed by atoms with van der Waals surface area (Å²) in [5.74, 6) is 2.51. The Hall–Kier alpha value is -2.87. The summed E-state index contributed by atoms with van der Waals surface area (Å²) < 4.78 is 16.2. The van der Waals surface area contributed by atoms with E-state index in [0.717, 1.165) is 33.4 Å². The number of nitrogens with one attached hydrogen (secondary N) is 1. The number of benzene rings is 1. The molecule has 154 valence electrons. The number of aryl methyl sites for hydroxylation is 1. The molecule has 0 spiro atoms. The molecule has 8 heteroatoms. The lowest BCUT2D eigenvalue weighted by Crippen LogP contribution is -2.01. The van der Waals surface area contributed by atoms with E-state index in [2.05, 4.69) is 24.1 Å². The third-order valence-electron chi connectivity index (χ3n) is 4.65. The summed E-state index contributed by atoms with van der Waals surface area (Å²) >= 11 is 1.66. The summed E-state index contributed by atoms with van der Waals surface area (Å²) in [5.41, 5.74) is 2.68. The van der Waals surface area contributed by atoms with Crippen LogP contribution in [0, 0.1) is 6.92 Å². The summed E-state index contributed by atoms with van der Waals surface area (Å²) in [7, 11) is 4.74. The van der Waals surface area contributed by atoms with Crippen LogP contribution in [0.15, 0.2) is 24.4 Å². The molecule has 2 heterocycles. The van der Waals surface area contributed by atoms with E-state index in [1.54, 1.807) is 38.9 Å². The zero-order valence-electron chi connectivity index (χ0n) is 17.6. The number of aromatic nitrogens is 3. The Labute approximate surface area is 175 Å². The second-order valence-electron chi connectivity index (χ2n) is 6.56. The van der Waals surface area contributed by atoms with Crippen molar-refractivity contribution in [2.75, 3.05) is 26.6 Å². The summed E-state index contributed by atoms with van der Waals surface area (Å²) in [6.45, 7) is 6.38. The normalized spacial score (nSPS) is 11.8. The highest BCUT2D eigenvalue weighted by molar-refractivity contribution is 7.15. The number of nitrogens with zero attached hydrogens (tertiary/aromatic N) is 3. The van der Waals surface area contributed by atoms with Gasteiger partial charge >= 0.3 is 0 Å². The molecule has 1 N–H and O–H groups in total. The molecule has 29 heavy (non-hydrogen) atoms. The van der Waals surface area contributed by atoms with Crippen molar-refractivity contribution in [1.82, 2.24) is 15.0 Å². The molecule has 0 bridgehead atoms. The van der Waals surface area contributed by atoms with Gasteiger partial charge in [0, 0.05) is 24.0 Å². The van der Waals surface area contributed by atoms with E-state index < -0.39 is 0 Å². The molecule has 0 aliphatic rings. The molecule has 0 aliphatic heterocycles. The minimum Gasteiger partial charge on any atom is -0.493 e. The maximum absolute atomic E-state index is 5.41. The fourth-order valence-electron chi connectivity index (χ4n) is 2.98. The highest BCUT2D eigenvalue weighted by atomic mass is 32.1. The zero-order chi connectivity index (χ0) is 21.0. The first-order valence-electron chi connectivity index (χ1n) is 9.38. The molecule has 3 rings (SSSR count). The van der Waals surface area contributed by atoms with Gasteiger partial charge in [0.05, 0.1) is 42.6 Å². The lowest BCUT2D eigenvalue weighted by molar-refractivity contribution is 0.324. The molecule has 0 amide bonds. The number of anilines is 2. The van der Waals surface area contributed by atoms with Crippen LogP contribution in [0.3, 0.4) is 0 Å². The summed E-state index contributed by atoms with van der Waals surface area (Å²) in [6, 6.07) is 5.55. The third-order valence-corrected chi connectivity index (χ3v) is 5.66. The van der Waals surface area contributed by atoms with Crippen molar-refractivity contribution in [2.45, 2.75) is 33.1 Å². The van der Waals surface area contributed by atoms with E-state index in [9.17, 15) is 0 Å². The van der Waals surface area contributed by atoms with E-state index in [1.165, 1.54) is 0 Å². The van der Waals surface area contributed by atoms with Crippen LogP contribution in [-0.4, -0.2) is 36.3 Å². The van der Waals surface area contributed by atoms with Gasteiger partial charge in [0.1, 0.15) is 0 Å². The molecular formula is C21H26N4O3S. The first-order valence-corrected chi connectivity index (χ1v) is 10.2. The van der Waals surface area contributed by atoms with Gasteiger partial charge in [0.25, 0.3) is 0 Å². The van der Waals surface area contributed by atoms with E-state index in [-0.39, 0.29) is 0 Å². The van der Waals surface area contributed by atoms with Crippen LogP contribution >= 0.6 is 11.3 Å². The van der Waals surface area contributed by atoms with Crippen molar-refractivity contribution in [3.05, 3.63) is 35.1 Å². The molecule has 0 fully saturated rings. The number of thiazole rings is 1. The second kappa shape index (κ2) is 9.09. The molecular weight excluding hydrogens is 388 g/mol. The minimum absolute atomic E-state index is 0.372. The number of ether oxygens (including phenoxy) is 3. The first-order chi connectivity index (χ1) is 14.0. The molecule has 0 radical (unpaired) electrons. The van der Waals surface area contributed by atoms with Crippen molar-refractivity contribution in [3.63, 3.8) is 0 Å². The quantitative estimate of drug-likeness (QED) is 0.543. The average Bonchev–Trinajstić information content (AvgIpc) is 3.14. The zero-order valence-corrected chi connectivity index (χ0v) is 18.4. The Balaban J connectivity index is 1.96. The van der Waals surface area contributed by atoms with Gasteiger partial charge in [-0.3, -0.25) is 0 Å². The molecule has 1 aromatic carbocycles. The third kappa shape index (κ3) is 4.42. The van der Waals surface area contributed by atoms with Gasteiger partial charge in [-0.25, -0.2) is 15.0 Å². The number of rotatable bonds is 8. The molecule has 0 saturated heterocycles. The van der Waals surface area contributed by atoms with Gasteiger partial charge in [-0.2, -0.15) is 0 Å². The van der Waals surface area contributed by atoms with E-state index in [0.29, 0.717) is 29.1 Å². The van der Waals surface area contributed by atoms with Gasteiger partial charge in [-0.05, 0) is 25.3 Å². The SMILES string of the molecule is CCC(C)c1nc(C)sc1-c1ccnc(Nc2cc(OC)c(OC)c(OC)c2)n1. The fraction of sp³-hybridized carbons (Fsp3) is 0.381. The van der Waals surface area contributed by atoms with Crippen LogP contribution in [0.2, 0.25) is 0 Å². The minimum atomic E-state index is 0.372. The largest absolute Gasteiger partial charge is 0.493 e. The number of hydrogen-bond acceptors (Lipinski definition) is 8. The highest BCUT2D eigenvalue weighted by Gasteiger charge is 2.18. The predicted octanol–water partition coefficient (Wildman–Crippen LogP) is 5.19. The van der Waals surface area contributed by atoms with Gasteiger partial charge in [0.2, 0.25) is 11.7 Å². The number of hydrogen-bond donors (Lipinski definition) is 1. The van der Waals surface area contributed by atoms with E-state index in [1.807, 2.05) is 25.1 Å². The first kappa shape index (κ1) is 20.9. The molecule has 3 aromatic rings. The summed E-state index contributed by atoms with van der Waals surface area (Å²) in [4.78, 5) is 14.9. The molecule has 0 aliphatic carbocycles. The predicted molar refractivity (Wildman–Crippen MR) is 116 cm³/mol. The average molecular weight is 415 g/mol. The lowest BCUT2D eigenvalue weighted by atomic mass is 10.0. The molecule has 1 atom stereocenters. The van der Waals surface area contributed by atoms with Crippen LogP contribution in [0.25, 0.3) is 10.6 Å². The van der Waals surface area contributed by atoms with Crippen molar-refractivity contribution in [2.24, 2.45) is 0 Å². The molecule has 2 aromatic heterocycles. The van der Waals surface area contributed by atoms with Crippen molar-refractivity contribution in [3.8, 4) is 27.8 Å². The van der Waals surface area contributed by atoms with Crippen LogP contribution in [0.4, 0.5) is 11.6 Å². The summed E-state index contributed by atoms with van der Waals surface area (Å²) in [6.07, 6.45) is 2.77. The maximum Gasteiger partial charge on any atom is 0.227 e. The molecule has 0 saturated carbocycles. The summed E-state index contributed by atoms with van der Waals surface area (Å²) in [5, 5.41) is 4.27. The molecule has 1 unspecified atom stereocenters. The van der Waals surface area contributed by atoms with Crippen molar-refractivity contribution < 1.29 is 14.2 Å². The van der Waals surface area contributed by atoms with Crippen LogP contribution in [0.5, 0.6) is 17.2 Å². The van der Waals surface area contributed by atoms with Crippen molar-refractivity contribution in [1.29, 1.82) is 0 Å². The Morgan fingerprint density at radius 3 is 2.34 bits per heavy atom. The van der Waals surface area contributed by atoms with E-state index in [4.69, 9.17) is 24.2 Å². The van der Waals surface area contributed by atoms with Crippen molar-refractivity contribution >= 4 is 23.0 Å². The standard InChI is InChI=1S/C21H26N4O3S/c1-7-12(2)18-20(29-13(3)23-18)15-8-9-22-21(25-15)24-14-10-16(26-4)19(28-6)17(11-14)27-5/h8-12H,7H2,1-6H3,(H,22,24,25). The van der Waals surface area contributed by atoms with Crippen LogP contribution < -0.4 is 19.5 Å². The van der Waals surface area contributed by atoms with Gasteiger partial charge in [-0.1, -0.05) is 13.8 Å². The Kier molecular flexibility index (Phi) is 6.53. The maximum atomic E-state index is 5.41. The second-order valence-corrected chi connectivity index (χ2v) is 7.76. The Bertz CT molecular complexity index is 965. The Morgan fingerprint density at radius 2 is 1.76 bits per heavy atom. The monoisotopic (exact) mass is 414 g/mol. The van der Waals surface area contributed by atoms with Crippen LogP contribution in [-0.2, 0) is 0 Å². The van der Waals surface area contributed by atoms with E-state index >= 15 is 0 Å². The topological polar surface area (TPSA) is 78.4 Å². The fourth-order valence-corrected chi connectivity index (χ4v) is 3.99. The van der Waals surface area contributed by atoms with Gasteiger partial charge in [0.15, 0.2) is 11.5 Å².